The molecule has 4 rings (SSSR count). The lowest BCUT2D eigenvalue weighted by Crippen LogP contribution is -2.08. The van der Waals surface area contributed by atoms with Crippen LogP contribution in [-0.2, 0) is 12.8 Å². The highest BCUT2D eigenvalue weighted by atomic mass is 19.1. The summed E-state index contributed by atoms with van der Waals surface area (Å²) in [6.07, 6.45) is 3.77. The summed E-state index contributed by atoms with van der Waals surface area (Å²) >= 11 is 0. The molecule has 0 unspecified atom stereocenters. The molecule has 0 fully saturated rings. The van der Waals surface area contributed by atoms with Gasteiger partial charge in [-0.15, -0.1) is 0 Å². The van der Waals surface area contributed by atoms with Crippen LogP contribution in [0.25, 0.3) is 5.69 Å². The number of anilines is 1. The van der Waals surface area contributed by atoms with Crippen LogP contribution in [0.2, 0.25) is 0 Å². The molecule has 0 radical (unpaired) electrons. The molecule has 1 aromatic heterocycles. The monoisotopic (exact) mass is 349 g/mol. The number of nitrogens with one attached hydrogen (secondary N) is 1. The van der Waals surface area contributed by atoms with E-state index in [0.717, 1.165) is 43.0 Å². The van der Waals surface area contributed by atoms with E-state index >= 15 is 0 Å². The zero-order chi connectivity index (χ0) is 18.1. The summed E-state index contributed by atoms with van der Waals surface area (Å²) in [6, 6.07) is 13.4. The van der Waals surface area contributed by atoms with Gasteiger partial charge in [-0.25, -0.2) is 9.07 Å². The van der Waals surface area contributed by atoms with Crippen LogP contribution in [0.1, 0.15) is 40.8 Å². The molecule has 0 saturated heterocycles. The van der Waals surface area contributed by atoms with Crippen LogP contribution in [0.5, 0.6) is 0 Å². The molecule has 3 nitrogen and oxygen atoms in total. The summed E-state index contributed by atoms with van der Waals surface area (Å²) in [6.45, 7) is 5.16. The fourth-order valence-electron chi connectivity index (χ4n) is 3.75. The molecule has 2 aromatic carbocycles. The highest BCUT2D eigenvalue weighted by Crippen LogP contribution is 2.31. The Morgan fingerprint density at radius 2 is 1.96 bits per heavy atom. The van der Waals surface area contributed by atoms with Gasteiger partial charge < -0.3 is 5.32 Å². The van der Waals surface area contributed by atoms with E-state index in [9.17, 15) is 4.39 Å². The standard InChI is InChI=1S/C22H24FN3/c1-15-10-11-21(16(2)13-15)26-22-18(8-5-6-12-24-22)20(25-26)14-17-7-3-4-9-19(17)23/h3-4,7,9-11,13,24H,5-6,8,12,14H2,1-2H3. The summed E-state index contributed by atoms with van der Waals surface area (Å²) in [5, 5.41) is 8.48. The second-order valence-corrected chi connectivity index (χ2v) is 7.13. The predicted molar refractivity (Wildman–Crippen MR) is 104 cm³/mol. The van der Waals surface area contributed by atoms with Crippen molar-refractivity contribution in [1.82, 2.24) is 9.78 Å². The smallest absolute Gasteiger partial charge is 0.133 e. The van der Waals surface area contributed by atoms with E-state index in [-0.39, 0.29) is 5.82 Å². The van der Waals surface area contributed by atoms with Crippen LogP contribution in [0.15, 0.2) is 42.5 Å². The lowest BCUT2D eigenvalue weighted by Gasteiger charge is -2.12. The first kappa shape index (κ1) is 16.8. The maximum atomic E-state index is 14.2. The zero-order valence-corrected chi connectivity index (χ0v) is 15.3. The molecule has 0 atom stereocenters. The summed E-state index contributed by atoms with van der Waals surface area (Å²) in [5.41, 5.74) is 6.42. The molecule has 0 amide bonds. The topological polar surface area (TPSA) is 29.9 Å². The fourth-order valence-corrected chi connectivity index (χ4v) is 3.75. The number of benzene rings is 2. The van der Waals surface area contributed by atoms with Gasteiger partial charge in [0.2, 0.25) is 0 Å². The minimum absolute atomic E-state index is 0.163. The van der Waals surface area contributed by atoms with E-state index in [4.69, 9.17) is 5.10 Å². The number of fused-ring (bicyclic) bond motifs is 1. The molecule has 1 N–H and O–H groups in total. The molecule has 134 valence electrons. The first-order valence-corrected chi connectivity index (χ1v) is 9.29. The molecule has 4 heteroatoms. The van der Waals surface area contributed by atoms with Gasteiger partial charge in [0.15, 0.2) is 0 Å². The Morgan fingerprint density at radius 3 is 2.77 bits per heavy atom. The molecule has 0 aliphatic carbocycles. The highest BCUT2D eigenvalue weighted by Gasteiger charge is 2.22. The van der Waals surface area contributed by atoms with Crippen LogP contribution in [0, 0.1) is 19.7 Å². The number of rotatable bonds is 3. The van der Waals surface area contributed by atoms with Crippen LogP contribution in [0.3, 0.4) is 0 Å². The van der Waals surface area contributed by atoms with Crippen molar-refractivity contribution >= 4 is 5.82 Å². The molecule has 0 saturated carbocycles. The summed E-state index contributed by atoms with van der Waals surface area (Å²) in [7, 11) is 0. The largest absolute Gasteiger partial charge is 0.370 e. The molecule has 0 spiro atoms. The van der Waals surface area contributed by atoms with Gasteiger partial charge in [-0.05, 0) is 56.4 Å². The lowest BCUT2D eigenvalue weighted by molar-refractivity contribution is 0.612. The third-order valence-corrected chi connectivity index (χ3v) is 5.11. The van der Waals surface area contributed by atoms with Crippen molar-refractivity contribution in [3.05, 3.63) is 76.2 Å². The SMILES string of the molecule is Cc1ccc(-n2nc(Cc3ccccc3F)c3c2NCCCC3)c(C)c1. The number of hydrogen-bond donors (Lipinski definition) is 1. The summed E-state index contributed by atoms with van der Waals surface area (Å²) in [4.78, 5) is 0. The van der Waals surface area contributed by atoms with Gasteiger partial charge in [0, 0.05) is 18.5 Å². The number of aryl methyl sites for hydroxylation is 2. The van der Waals surface area contributed by atoms with Crippen LogP contribution < -0.4 is 5.32 Å². The van der Waals surface area contributed by atoms with Crippen LogP contribution in [-0.4, -0.2) is 16.3 Å². The van der Waals surface area contributed by atoms with Crippen molar-refractivity contribution in [2.45, 2.75) is 39.5 Å². The first-order valence-electron chi connectivity index (χ1n) is 9.29. The van der Waals surface area contributed by atoms with Crippen molar-refractivity contribution in [3.8, 4) is 5.69 Å². The molecule has 1 aliphatic rings. The van der Waals surface area contributed by atoms with E-state index in [1.807, 2.05) is 16.8 Å². The molecular formula is C22H24FN3. The van der Waals surface area contributed by atoms with Gasteiger partial charge in [-0.1, -0.05) is 35.9 Å². The molecule has 3 aromatic rings. The lowest BCUT2D eigenvalue weighted by atomic mass is 10.0. The van der Waals surface area contributed by atoms with Gasteiger partial charge in [0.25, 0.3) is 0 Å². The Hall–Kier alpha value is -2.62. The average Bonchev–Trinajstić information content (AvgIpc) is 2.80. The molecule has 26 heavy (non-hydrogen) atoms. The number of aromatic nitrogens is 2. The maximum absolute atomic E-state index is 14.2. The van der Waals surface area contributed by atoms with Gasteiger partial charge in [-0.2, -0.15) is 5.10 Å². The summed E-state index contributed by atoms with van der Waals surface area (Å²) < 4.78 is 16.2. The number of halogens is 1. The quantitative estimate of drug-likeness (QED) is 0.724. The zero-order valence-electron chi connectivity index (χ0n) is 15.3. The van der Waals surface area contributed by atoms with E-state index in [1.54, 1.807) is 6.07 Å². The predicted octanol–water partition coefficient (Wildman–Crippen LogP) is 4.97. The Balaban J connectivity index is 1.83. The van der Waals surface area contributed by atoms with Crippen molar-refractivity contribution in [2.75, 3.05) is 11.9 Å². The highest BCUT2D eigenvalue weighted by molar-refractivity contribution is 5.57. The Labute approximate surface area is 153 Å². The average molecular weight is 349 g/mol. The molecular weight excluding hydrogens is 325 g/mol. The van der Waals surface area contributed by atoms with Crippen molar-refractivity contribution < 1.29 is 4.39 Å². The van der Waals surface area contributed by atoms with Crippen LogP contribution >= 0.6 is 0 Å². The Bertz CT molecular complexity index is 943. The van der Waals surface area contributed by atoms with Crippen molar-refractivity contribution in [3.63, 3.8) is 0 Å². The van der Waals surface area contributed by atoms with Gasteiger partial charge in [0.1, 0.15) is 11.6 Å². The normalized spacial score (nSPS) is 13.8. The fraction of sp³-hybridized carbons (Fsp3) is 0.318. The van der Waals surface area contributed by atoms with Crippen LogP contribution in [0.4, 0.5) is 10.2 Å². The second-order valence-electron chi connectivity index (χ2n) is 7.13. The number of hydrogen-bond acceptors (Lipinski definition) is 2. The van der Waals surface area contributed by atoms with E-state index in [0.29, 0.717) is 12.0 Å². The Morgan fingerprint density at radius 1 is 1.12 bits per heavy atom. The second kappa shape index (κ2) is 6.94. The minimum Gasteiger partial charge on any atom is -0.370 e. The molecule has 2 heterocycles. The molecule has 1 aliphatic heterocycles. The third-order valence-electron chi connectivity index (χ3n) is 5.11. The van der Waals surface area contributed by atoms with Crippen molar-refractivity contribution in [2.24, 2.45) is 0 Å². The number of nitrogens with zero attached hydrogens (tertiary/aromatic N) is 2. The summed E-state index contributed by atoms with van der Waals surface area (Å²) in [5.74, 6) is 0.907. The Kier molecular flexibility index (Phi) is 4.49. The van der Waals surface area contributed by atoms with E-state index in [2.05, 4.69) is 37.4 Å². The maximum Gasteiger partial charge on any atom is 0.133 e. The van der Waals surface area contributed by atoms with E-state index in [1.165, 1.54) is 22.8 Å². The third kappa shape index (κ3) is 3.12. The first-order chi connectivity index (χ1) is 12.6. The molecule has 0 bridgehead atoms. The van der Waals surface area contributed by atoms with E-state index < -0.39 is 0 Å². The van der Waals surface area contributed by atoms with Gasteiger partial charge >= 0.3 is 0 Å². The van der Waals surface area contributed by atoms with Gasteiger partial charge in [0.05, 0.1) is 11.4 Å². The minimum atomic E-state index is -0.163. The van der Waals surface area contributed by atoms with Crippen molar-refractivity contribution in [1.29, 1.82) is 0 Å². The van der Waals surface area contributed by atoms with Gasteiger partial charge in [-0.3, -0.25) is 0 Å².